The fourth-order valence-corrected chi connectivity index (χ4v) is 6.76. The summed E-state index contributed by atoms with van der Waals surface area (Å²) < 4.78 is 7.56. The van der Waals surface area contributed by atoms with Crippen molar-refractivity contribution in [1.82, 2.24) is 15.1 Å². The predicted octanol–water partition coefficient (Wildman–Crippen LogP) is 5.90. The maximum atomic E-state index is 13.8. The summed E-state index contributed by atoms with van der Waals surface area (Å²) in [5.41, 5.74) is 5.59. The van der Waals surface area contributed by atoms with Crippen molar-refractivity contribution in [2.45, 2.75) is 64.2 Å². The minimum absolute atomic E-state index is 0.0232. The van der Waals surface area contributed by atoms with Gasteiger partial charge in [-0.1, -0.05) is 56.6 Å². The fourth-order valence-electron chi connectivity index (χ4n) is 5.37. The zero-order valence-electron chi connectivity index (χ0n) is 23.8. The Balaban J connectivity index is 1.68. The zero-order chi connectivity index (χ0) is 28.6. The summed E-state index contributed by atoms with van der Waals surface area (Å²) in [5.74, 6) is 0.522. The van der Waals surface area contributed by atoms with Crippen molar-refractivity contribution in [2.75, 3.05) is 30.3 Å². The number of hydrogen-bond donors (Lipinski definition) is 1. The van der Waals surface area contributed by atoms with E-state index >= 15 is 0 Å². The smallest absolute Gasteiger partial charge is 0.240 e. The quantitative estimate of drug-likeness (QED) is 0.392. The minimum Gasteiger partial charge on any atom is -0.376 e. The first kappa shape index (κ1) is 28.7. The lowest BCUT2D eigenvalue weighted by Crippen LogP contribution is -2.44. The van der Waals surface area contributed by atoms with E-state index in [1.54, 1.807) is 16.7 Å². The maximum Gasteiger partial charge on any atom is 0.240 e. The molecule has 2 atom stereocenters. The van der Waals surface area contributed by atoms with Crippen LogP contribution in [0.1, 0.15) is 66.8 Å². The van der Waals surface area contributed by atoms with Gasteiger partial charge in [0.15, 0.2) is 0 Å². The number of hydrogen-bond acceptors (Lipinski definition) is 5. The molecule has 3 aromatic rings. The van der Waals surface area contributed by atoms with Crippen LogP contribution in [-0.2, 0) is 19.7 Å². The molecule has 5 rings (SSSR count). The van der Waals surface area contributed by atoms with Crippen molar-refractivity contribution in [2.24, 2.45) is 0 Å². The first-order valence-corrected chi connectivity index (χ1v) is 15.2. The number of carbonyl (C=O) groups is 2. The van der Waals surface area contributed by atoms with Gasteiger partial charge in [0.2, 0.25) is 11.8 Å². The highest BCUT2D eigenvalue weighted by molar-refractivity contribution is 8.00. The number of thioether (sulfide) groups is 1. The number of nitrogens with one attached hydrogen (secondary N) is 1. The Kier molecular flexibility index (Phi) is 8.32. The summed E-state index contributed by atoms with van der Waals surface area (Å²) in [6.45, 7) is 11.6. The Morgan fingerprint density at radius 2 is 1.98 bits per heavy atom. The lowest BCUT2D eigenvalue weighted by atomic mass is 9.87. The Morgan fingerprint density at radius 1 is 1.20 bits per heavy atom. The average molecular weight is 581 g/mol. The van der Waals surface area contributed by atoms with Crippen LogP contribution < -0.4 is 10.2 Å². The molecule has 0 radical (unpaired) electrons. The predicted molar refractivity (Wildman–Crippen MR) is 162 cm³/mol. The van der Waals surface area contributed by atoms with Crippen LogP contribution >= 0.6 is 23.4 Å². The van der Waals surface area contributed by atoms with Crippen LogP contribution in [0.3, 0.4) is 0 Å². The number of halogens is 1. The molecule has 1 fully saturated rings. The lowest BCUT2D eigenvalue weighted by Gasteiger charge is -2.25. The normalized spacial score (nSPS) is 19.4. The van der Waals surface area contributed by atoms with Gasteiger partial charge in [0, 0.05) is 29.2 Å². The number of carbonyl (C=O) groups excluding carboxylic acids is 2. The molecule has 2 amide bonds. The van der Waals surface area contributed by atoms with Crippen LogP contribution in [0.25, 0.3) is 5.69 Å². The van der Waals surface area contributed by atoms with Gasteiger partial charge in [0.1, 0.15) is 12.4 Å². The molecule has 40 heavy (non-hydrogen) atoms. The Hall–Kier alpha value is -2.81. The molecule has 0 bridgehead atoms. The zero-order valence-corrected chi connectivity index (χ0v) is 25.4. The molecular weight excluding hydrogens is 544 g/mol. The molecule has 3 heterocycles. The van der Waals surface area contributed by atoms with Crippen molar-refractivity contribution >= 4 is 41.0 Å². The van der Waals surface area contributed by atoms with E-state index in [2.05, 4.69) is 46.0 Å². The summed E-state index contributed by atoms with van der Waals surface area (Å²) in [6, 6.07) is 13.9. The second kappa shape index (κ2) is 11.6. The molecule has 7 nitrogen and oxygen atoms in total. The van der Waals surface area contributed by atoms with Gasteiger partial charge in [-0.3, -0.25) is 14.5 Å². The lowest BCUT2D eigenvalue weighted by molar-refractivity contribution is -0.123. The van der Waals surface area contributed by atoms with E-state index in [1.807, 2.05) is 41.1 Å². The Morgan fingerprint density at radius 3 is 2.67 bits per heavy atom. The molecule has 0 unspecified atom stereocenters. The van der Waals surface area contributed by atoms with E-state index in [-0.39, 0.29) is 40.9 Å². The fraction of sp³-hybridized carbons (Fsp3) is 0.452. The molecule has 212 valence electrons. The van der Waals surface area contributed by atoms with Gasteiger partial charge in [-0.2, -0.15) is 5.10 Å². The van der Waals surface area contributed by atoms with E-state index < -0.39 is 0 Å². The first-order valence-electron chi connectivity index (χ1n) is 13.8. The van der Waals surface area contributed by atoms with Crippen molar-refractivity contribution in [3.05, 3.63) is 75.4 Å². The van der Waals surface area contributed by atoms with Gasteiger partial charge in [0.25, 0.3) is 0 Å². The summed E-state index contributed by atoms with van der Waals surface area (Å²) in [5, 5.41) is 8.65. The molecule has 2 aliphatic heterocycles. The van der Waals surface area contributed by atoms with Crippen LogP contribution in [0.15, 0.2) is 42.5 Å². The third kappa shape index (κ3) is 5.80. The molecule has 2 aliphatic rings. The van der Waals surface area contributed by atoms with Crippen molar-refractivity contribution in [1.29, 1.82) is 0 Å². The minimum atomic E-state index is -0.328. The second-order valence-corrected chi connectivity index (χ2v) is 13.2. The van der Waals surface area contributed by atoms with E-state index in [9.17, 15) is 9.59 Å². The summed E-state index contributed by atoms with van der Waals surface area (Å²) in [6.07, 6.45) is 1.95. The van der Waals surface area contributed by atoms with E-state index in [4.69, 9.17) is 21.4 Å². The van der Waals surface area contributed by atoms with Gasteiger partial charge >= 0.3 is 0 Å². The number of aryl methyl sites for hydroxylation is 1. The molecule has 1 aromatic heterocycles. The van der Waals surface area contributed by atoms with E-state index in [0.29, 0.717) is 17.4 Å². The number of fused-ring (bicyclic) bond motifs is 1. The third-order valence-corrected chi connectivity index (χ3v) is 9.10. The first-order chi connectivity index (χ1) is 19.0. The van der Waals surface area contributed by atoms with Gasteiger partial charge < -0.3 is 10.1 Å². The SMILES string of the molecule is Cc1cccc(-n2nc(C(C)(C)C)c3c2N(CC(=O)NC[C@@H]2CCCO2)C(=O)CS[C@H]3c2cccc(Cl)c2)c1C. The monoisotopic (exact) mass is 580 g/mol. The third-order valence-electron chi connectivity index (χ3n) is 7.61. The van der Waals surface area contributed by atoms with Gasteiger partial charge in [-0.25, -0.2) is 4.68 Å². The number of benzene rings is 2. The number of aromatic nitrogens is 2. The molecule has 2 aromatic carbocycles. The average Bonchev–Trinajstić information content (AvgIpc) is 3.53. The van der Waals surface area contributed by atoms with Crippen molar-refractivity contribution in [3.8, 4) is 5.69 Å². The summed E-state index contributed by atoms with van der Waals surface area (Å²) in [4.78, 5) is 28.8. The molecule has 0 aliphatic carbocycles. The van der Waals surface area contributed by atoms with Crippen LogP contribution in [0.5, 0.6) is 0 Å². The Labute approximate surface area is 245 Å². The molecular formula is C31H37ClN4O3S. The molecule has 1 N–H and O–H groups in total. The largest absolute Gasteiger partial charge is 0.376 e. The van der Waals surface area contributed by atoms with Crippen molar-refractivity contribution in [3.63, 3.8) is 0 Å². The standard InChI is InChI=1S/C31H37ClN4O3S/c1-19-9-6-13-24(20(19)2)36-30-27(29(34-36)31(3,4)5)28(21-10-7-11-22(32)15-21)40-18-26(38)35(30)17-25(37)33-16-23-12-8-14-39-23/h6-7,9-11,13,15,23,28H,8,12,14,16-18H2,1-5H3,(H,33,37)/t23-,28-/m0/s1. The summed E-state index contributed by atoms with van der Waals surface area (Å²) in [7, 11) is 0. The van der Waals surface area contributed by atoms with Crippen LogP contribution in [-0.4, -0.2) is 53.1 Å². The number of ether oxygens (including phenoxy) is 1. The van der Waals surface area contributed by atoms with Crippen molar-refractivity contribution < 1.29 is 14.3 Å². The van der Waals surface area contributed by atoms with Crippen LogP contribution in [0, 0.1) is 13.8 Å². The Bertz CT molecular complexity index is 1420. The molecule has 0 spiro atoms. The summed E-state index contributed by atoms with van der Waals surface area (Å²) >= 11 is 8.00. The number of nitrogens with zero attached hydrogens (tertiary/aromatic N) is 3. The van der Waals surface area contributed by atoms with Crippen LogP contribution in [0.2, 0.25) is 5.02 Å². The highest BCUT2D eigenvalue weighted by Gasteiger charge is 2.40. The van der Waals surface area contributed by atoms with Crippen LogP contribution in [0.4, 0.5) is 5.82 Å². The second-order valence-electron chi connectivity index (χ2n) is 11.6. The van der Waals surface area contributed by atoms with Gasteiger partial charge in [-0.05, 0) is 61.6 Å². The number of anilines is 1. The topological polar surface area (TPSA) is 76.5 Å². The molecule has 1 saturated heterocycles. The van der Waals surface area contributed by atoms with Gasteiger partial charge in [0.05, 0.1) is 28.5 Å². The number of rotatable bonds is 6. The highest BCUT2D eigenvalue weighted by atomic mass is 35.5. The van der Waals surface area contributed by atoms with Gasteiger partial charge in [-0.15, -0.1) is 11.8 Å². The van der Waals surface area contributed by atoms with E-state index in [0.717, 1.165) is 53.1 Å². The van der Waals surface area contributed by atoms with E-state index in [1.165, 1.54) is 0 Å². The molecule has 0 saturated carbocycles. The maximum absolute atomic E-state index is 13.8. The number of amides is 2. The highest BCUT2D eigenvalue weighted by Crippen LogP contribution is 2.48. The molecule has 9 heteroatoms.